The molecule has 0 spiro atoms. The van der Waals surface area contributed by atoms with Crippen LogP contribution in [0, 0.1) is 5.41 Å². The summed E-state index contributed by atoms with van der Waals surface area (Å²) in [5.74, 6) is 1.09. The highest BCUT2D eigenvalue weighted by molar-refractivity contribution is 7.99. The Morgan fingerprint density at radius 3 is 2.71 bits per heavy atom. The number of ether oxygens (including phenoxy) is 1. The van der Waals surface area contributed by atoms with E-state index in [1.54, 1.807) is 11.8 Å². The summed E-state index contributed by atoms with van der Waals surface area (Å²) in [5, 5.41) is 0. The molecular formula is C11H20O2S. The number of carbonyl (C=O) groups is 1. The highest BCUT2D eigenvalue weighted by Crippen LogP contribution is 2.29. The van der Waals surface area contributed by atoms with Gasteiger partial charge >= 0.3 is 5.97 Å². The first kappa shape index (κ1) is 11.9. The molecule has 1 aliphatic rings. The summed E-state index contributed by atoms with van der Waals surface area (Å²) in [6.07, 6.45) is 4.31. The molecule has 1 saturated heterocycles. The molecule has 3 heteroatoms. The number of carbonyl (C=O) groups excluding carboxylic acids is 1. The van der Waals surface area contributed by atoms with Crippen molar-refractivity contribution in [2.45, 2.75) is 51.9 Å². The standard InChI is InChI=1S/C11H20O2S/c1-4-11(2,3)10(12)13-9-7-5-6-8-14-9/h9H,4-8H2,1-3H3. The zero-order chi connectivity index (χ0) is 10.6. The van der Waals surface area contributed by atoms with E-state index in [9.17, 15) is 4.79 Å². The zero-order valence-electron chi connectivity index (χ0n) is 9.34. The van der Waals surface area contributed by atoms with E-state index >= 15 is 0 Å². The summed E-state index contributed by atoms with van der Waals surface area (Å²) < 4.78 is 5.47. The number of thioether (sulfide) groups is 1. The lowest BCUT2D eigenvalue weighted by atomic mass is 9.91. The Bertz CT molecular complexity index is 195. The quantitative estimate of drug-likeness (QED) is 0.678. The van der Waals surface area contributed by atoms with Crippen molar-refractivity contribution in [1.29, 1.82) is 0 Å². The Morgan fingerprint density at radius 2 is 2.21 bits per heavy atom. The highest BCUT2D eigenvalue weighted by Gasteiger charge is 2.30. The second-order valence-corrected chi connectivity index (χ2v) is 5.71. The molecule has 0 aromatic heterocycles. The number of rotatable bonds is 3. The van der Waals surface area contributed by atoms with Gasteiger partial charge in [-0.2, -0.15) is 0 Å². The predicted octanol–water partition coefficient (Wildman–Crippen LogP) is 3.21. The van der Waals surface area contributed by atoms with Crippen LogP contribution in [0.2, 0.25) is 0 Å². The van der Waals surface area contributed by atoms with Crippen LogP contribution in [0.3, 0.4) is 0 Å². The maximum atomic E-state index is 11.7. The number of hydrogen-bond donors (Lipinski definition) is 0. The van der Waals surface area contributed by atoms with Gasteiger partial charge in [-0.05, 0) is 45.3 Å². The van der Waals surface area contributed by atoms with E-state index in [1.165, 1.54) is 12.8 Å². The molecule has 0 amide bonds. The normalized spacial score (nSPS) is 23.2. The molecule has 14 heavy (non-hydrogen) atoms. The second-order valence-electron chi connectivity index (χ2n) is 4.44. The first-order valence-electron chi connectivity index (χ1n) is 5.39. The first-order chi connectivity index (χ1) is 6.56. The van der Waals surface area contributed by atoms with Crippen molar-refractivity contribution >= 4 is 17.7 Å². The van der Waals surface area contributed by atoms with E-state index in [-0.39, 0.29) is 16.8 Å². The fourth-order valence-corrected chi connectivity index (χ4v) is 2.35. The van der Waals surface area contributed by atoms with Gasteiger partial charge in [0.1, 0.15) is 5.44 Å². The molecule has 1 aliphatic heterocycles. The average molecular weight is 216 g/mol. The fourth-order valence-electron chi connectivity index (χ4n) is 1.23. The maximum Gasteiger partial charge on any atom is 0.312 e. The molecule has 0 saturated carbocycles. The molecule has 0 aliphatic carbocycles. The van der Waals surface area contributed by atoms with Crippen molar-refractivity contribution in [3.63, 3.8) is 0 Å². The molecule has 0 bridgehead atoms. The van der Waals surface area contributed by atoms with E-state index in [4.69, 9.17) is 4.74 Å². The van der Waals surface area contributed by atoms with Crippen LogP contribution in [0.4, 0.5) is 0 Å². The summed E-state index contributed by atoms with van der Waals surface area (Å²) in [6, 6.07) is 0. The SMILES string of the molecule is CCC(C)(C)C(=O)OC1CCCCS1. The van der Waals surface area contributed by atoms with Crippen molar-refractivity contribution in [2.24, 2.45) is 5.41 Å². The second kappa shape index (κ2) is 5.06. The third kappa shape index (κ3) is 3.19. The summed E-state index contributed by atoms with van der Waals surface area (Å²) in [6.45, 7) is 5.92. The van der Waals surface area contributed by atoms with Crippen LogP contribution >= 0.6 is 11.8 Å². The molecule has 0 aromatic rings. The van der Waals surface area contributed by atoms with Crippen LogP contribution in [0.5, 0.6) is 0 Å². The van der Waals surface area contributed by atoms with Crippen molar-refractivity contribution in [1.82, 2.24) is 0 Å². The van der Waals surface area contributed by atoms with Gasteiger partial charge in [0.15, 0.2) is 0 Å². The molecule has 1 atom stereocenters. The summed E-state index contributed by atoms with van der Waals surface area (Å²) >= 11 is 1.78. The molecule has 1 unspecified atom stereocenters. The molecule has 1 fully saturated rings. The Hall–Kier alpha value is -0.180. The molecule has 2 nitrogen and oxygen atoms in total. The van der Waals surface area contributed by atoms with Crippen LogP contribution in [0.25, 0.3) is 0 Å². The van der Waals surface area contributed by atoms with E-state index in [2.05, 4.69) is 0 Å². The molecule has 1 heterocycles. The van der Waals surface area contributed by atoms with Crippen molar-refractivity contribution in [2.75, 3.05) is 5.75 Å². The Kier molecular flexibility index (Phi) is 4.30. The first-order valence-corrected chi connectivity index (χ1v) is 6.44. The maximum absolute atomic E-state index is 11.7. The molecule has 0 N–H and O–H groups in total. The van der Waals surface area contributed by atoms with Gasteiger partial charge in [-0.3, -0.25) is 4.79 Å². The van der Waals surface area contributed by atoms with Gasteiger partial charge in [0.05, 0.1) is 5.41 Å². The smallest absolute Gasteiger partial charge is 0.312 e. The van der Waals surface area contributed by atoms with Crippen molar-refractivity contribution < 1.29 is 9.53 Å². The van der Waals surface area contributed by atoms with Crippen LogP contribution in [-0.2, 0) is 9.53 Å². The van der Waals surface area contributed by atoms with Gasteiger partial charge in [0.2, 0.25) is 0 Å². The number of hydrogen-bond acceptors (Lipinski definition) is 3. The lowest BCUT2D eigenvalue weighted by Crippen LogP contribution is -2.29. The van der Waals surface area contributed by atoms with Gasteiger partial charge in [-0.25, -0.2) is 0 Å². The van der Waals surface area contributed by atoms with E-state index in [0.29, 0.717) is 0 Å². The minimum absolute atomic E-state index is 0.0422. The third-order valence-corrected chi connectivity index (χ3v) is 4.04. The minimum Gasteiger partial charge on any atom is -0.451 e. The van der Waals surface area contributed by atoms with E-state index < -0.39 is 0 Å². The fraction of sp³-hybridized carbons (Fsp3) is 0.909. The van der Waals surface area contributed by atoms with E-state index in [0.717, 1.165) is 18.6 Å². The number of esters is 1. The Labute approximate surface area is 90.8 Å². The molecule has 0 radical (unpaired) electrons. The van der Waals surface area contributed by atoms with Gasteiger partial charge < -0.3 is 4.74 Å². The van der Waals surface area contributed by atoms with Crippen LogP contribution in [0.1, 0.15) is 46.5 Å². The monoisotopic (exact) mass is 216 g/mol. The Morgan fingerprint density at radius 1 is 1.50 bits per heavy atom. The average Bonchev–Trinajstić information content (AvgIpc) is 2.19. The van der Waals surface area contributed by atoms with E-state index in [1.807, 2.05) is 20.8 Å². The van der Waals surface area contributed by atoms with Gasteiger partial charge in [0.25, 0.3) is 0 Å². The van der Waals surface area contributed by atoms with Crippen molar-refractivity contribution in [3.8, 4) is 0 Å². The van der Waals surface area contributed by atoms with Gasteiger partial charge in [-0.15, -0.1) is 11.8 Å². The predicted molar refractivity (Wildman–Crippen MR) is 60.3 cm³/mol. The van der Waals surface area contributed by atoms with Gasteiger partial charge in [0, 0.05) is 0 Å². The molecular weight excluding hydrogens is 196 g/mol. The Balaban J connectivity index is 2.39. The lowest BCUT2D eigenvalue weighted by Gasteiger charge is -2.27. The van der Waals surface area contributed by atoms with Crippen LogP contribution in [-0.4, -0.2) is 17.2 Å². The van der Waals surface area contributed by atoms with Crippen LogP contribution in [0.15, 0.2) is 0 Å². The summed E-state index contributed by atoms with van der Waals surface area (Å²) in [4.78, 5) is 11.7. The topological polar surface area (TPSA) is 26.3 Å². The summed E-state index contributed by atoms with van der Waals surface area (Å²) in [5.41, 5.74) is -0.208. The van der Waals surface area contributed by atoms with Gasteiger partial charge in [-0.1, -0.05) is 6.92 Å². The molecule has 0 aromatic carbocycles. The highest BCUT2D eigenvalue weighted by atomic mass is 32.2. The third-order valence-electron chi connectivity index (χ3n) is 2.81. The lowest BCUT2D eigenvalue weighted by molar-refractivity contribution is -0.156. The van der Waals surface area contributed by atoms with Crippen LogP contribution < -0.4 is 0 Å². The zero-order valence-corrected chi connectivity index (χ0v) is 10.2. The molecule has 82 valence electrons. The minimum atomic E-state index is -0.321. The molecule has 1 rings (SSSR count). The largest absolute Gasteiger partial charge is 0.451 e. The van der Waals surface area contributed by atoms with Crippen molar-refractivity contribution in [3.05, 3.63) is 0 Å². The summed E-state index contributed by atoms with van der Waals surface area (Å²) in [7, 11) is 0.